The van der Waals surface area contributed by atoms with Gasteiger partial charge in [-0.05, 0) is 62.7 Å². The van der Waals surface area contributed by atoms with Crippen molar-refractivity contribution >= 4 is 50.3 Å². The van der Waals surface area contributed by atoms with Gasteiger partial charge in [0.2, 0.25) is 5.91 Å². The van der Waals surface area contributed by atoms with Crippen LogP contribution in [0.4, 0.5) is 5.69 Å². The number of carbonyl (C=O) groups is 1. The van der Waals surface area contributed by atoms with Crippen LogP contribution in [-0.4, -0.2) is 26.2 Å². The molecule has 6 nitrogen and oxygen atoms in total. The van der Waals surface area contributed by atoms with Gasteiger partial charge in [-0.2, -0.15) is 0 Å². The van der Waals surface area contributed by atoms with E-state index in [1.54, 1.807) is 4.57 Å². The van der Waals surface area contributed by atoms with Crippen LogP contribution in [0.5, 0.6) is 0 Å². The third-order valence-corrected chi connectivity index (χ3v) is 6.65. The zero-order valence-electron chi connectivity index (χ0n) is 17.3. The summed E-state index contributed by atoms with van der Waals surface area (Å²) in [5.41, 5.74) is 5.30. The molecule has 2 aromatic heterocycles. The number of hydrogen-bond donors (Lipinski definition) is 2. The summed E-state index contributed by atoms with van der Waals surface area (Å²) >= 11 is 4.70. The molecule has 0 fully saturated rings. The number of nitrogens with one attached hydrogen (secondary N) is 2. The lowest BCUT2D eigenvalue weighted by molar-refractivity contribution is -0.113. The van der Waals surface area contributed by atoms with E-state index in [2.05, 4.69) is 31.2 Å². The Morgan fingerprint density at radius 1 is 1.13 bits per heavy atom. The molecule has 2 aromatic carbocycles. The van der Waals surface area contributed by atoms with Gasteiger partial charge in [0.1, 0.15) is 5.52 Å². The van der Waals surface area contributed by atoms with E-state index >= 15 is 0 Å². The maximum Gasteiger partial charge on any atom is 0.283 e. The number of thioether (sulfide) groups is 1. The maximum absolute atomic E-state index is 13.2. The van der Waals surface area contributed by atoms with Crippen LogP contribution < -0.4 is 10.9 Å². The van der Waals surface area contributed by atoms with Crippen molar-refractivity contribution in [2.75, 3.05) is 11.1 Å². The summed E-state index contributed by atoms with van der Waals surface area (Å²) in [6.45, 7) is 5.84. The van der Waals surface area contributed by atoms with E-state index in [9.17, 15) is 9.59 Å². The monoisotopic (exact) mass is 496 g/mol. The average molecular weight is 497 g/mol. The van der Waals surface area contributed by atoms with Gasteiger partial charge in [0, 0.05) is 15.9 Å². The first kappa shape index (κ1) is 21.4. The zero-order valence-corrected chi connectivity index (χ0v) is 19.7. The number of fused-ring (bicyclic) bond motifs is 1. The number of carbonyl (C=O) groups excluding carboxylic acids is 1. The van der Waals surface area contributed by atoms with Crippen molar-refractivity contribution in [2.24, 2.45) is 0 Å². The molecular weight excluding hydrogens is 476 g/mol. The maximum atomic E-state index is 13.2. The highest BCUT2D eigenvalue weighted by Gasteiger charge is 2.16. The molecular formula is C23H21BrN4O2S. The largest absolute Gasteiger partial charge is 0.353 e. The van der Waals surface area contributed by atoms with E-state index in [4.69, 9.17) is 0 Å². The number of nitrogens with zero attached hydrogens (tertiary/aromatic N) is 2. The molecule has 0 spiro atoms. The lowest BCUT2D eigenvalue weighted by Crippen LogP contribution is -2.23. The normalized spacial score (nSPS) is 11.1. The quantitative estimate of drug-likeness (QED) is 0.296. The Bertz CT molecular complexity index is 1340. The zero-order chi connectivity index (χ0) is 22.1. The molecule has 0 radical (unpaired) electrons. The first-order chi connectivity index (χ1) is 14.8. The van der Waals surface area contributed by atoms with E-state index in [0.717, 1.165) is 27.0 Å². The molecule has 2 N–H and O–H groups in total. The predicted octanol–water partition coefficient (Wildman–Crippen LogP) is 5.13. The fourth-order valence-electron chi connectivity index (χ4n) is 3.25. The lowest BCUT2D eigenvalue weighted by atomic mass is 10.2. The van der Waals surface area contributed by atoms with Crippen molar-refractivity contribution in [3.05, 3.63) is 80.2 Å². The Morgan fingerprint density at radius 3 is 2.58 bits per heavy atom. The van der Waals surface area contributed by atoms with Crippen molar-refractivity contribution < 1.29 is 4.79 Å². The van der Waals surface area contributed by atoms with Crippen LogP contribution in [-0.2, 0) is 4.79 Å². The van der Waals surface area contributed by atoms with Crippen LogP contribution in [0, 0.1) is 20.8 Å². The average Bonchev–Trinajstić information content (AvgIpc) is 3.11. The SMILES string of the molecule is Cc1ccc(-n2c(SCC(=O)Nc3ccc(Br)c(C)c3)nc3cc(C)[nH]c3c2=O)cc1. The number of aromatic nitrogens is 3. The Hall–Kier alpha value is -2.84. The van der Waals surface area contributed by atoms with Gasteiger partial charge in [0.15, 0.2) is 5.16 Å². The fourth-order valence-corrected chi connectivity index (χ4v) is 4.30. The summed E-state index contributed by atoms with van der Waals surface area (Å²) in [7, 11) is 0. The van der Waals surface area contributed by atoms with Crippen LogP contribution in [0.3, 0.4) is 0 Å². The molecule has 0 aliphatic carbocycles. The van der Waals surface area contributed by atoms with Crippen molar-refractivity contribution in [3.8, 4) is 5.69 Å². The van der Waals surface area contributed by atoms with Crippen LogP contribution >= 0.6 is 27.7 Å². The number of anilines is 1. The molecule has 0 aliphatic heterocycles. The number of aryl methyl sites for hydroxylation is 3. The van der Waals surface area contributed by atoms with Crippen molar-refractivity contribution in [2.45, 2.75) is 25.9 Å². The molecule has 4 rings (SSSR count). The lowest BCUT2D eigenvalue weighted by Gasteiger charge is -2.12. The first-order valence-corrected chi connectivity index (χ1v) is 11.5. The summed E-state index contributed by atoms with van der Waals surface area (Å²) < 4.78 is 2.54. The summed E-state index contributed by atoms with van der Waals surface area (Å²) in [6.07, 6.45) is 0. The third-order valence-electron chi connectivity index (χ3n) is 4.82. The van der Waals surface area contributed by atoms with Gasteiger partial charge in [-0.15, -0.1) is 0 Å². The van der Waals surface area contributed by atoms with E-state index in [1.807, 2.05) is 69.3 Å². The minimum absolute atomic E-state index is 0.127. The predicted molar refractivity (Wildman–Crippen MR) is 129 cm³/mol. The summed E-state index contributed by atoms with van der Waals surface area (Å²) in [4.78, 5) is 33.6. The standard InChI is InChI=1S/C23H21BrN4O2S/c1-13-4-7-17(8-5-13)28-22(30)21-19(11-15(3)25-21)27-23(28)31-12-20(29)26-16-6-9-18(24)14(2)10-16/h4-11,25H,12H2,1-3H3,(H,26,29). The molecule has 31 heavy (non-hydrogen) atoms. The Kier molecular flexibility index (Phi) is 6.02. The van der Waals surface area contributed by atoms with Crippen LogP contribution in [0.25, 0.3) is 16.7 Å². The van der Waals surface area contributed by atoms with Crippen LogP contribution in [0.2, 0.25) is 0 Å². The molecule has 0 saturated heterocycles. The molecule has 2 heterocycles. The van der Waals surface area contributed by atoms with Crippen molar-refractivity contribution in [1.82, 2.24) is 14.5 Å². The number of amides is 1. The molecule has 1 amide bonds. The van der Waals surface area contributed by atoms with Gasteiger partial charge in [-0.1, -0.05) is 45.4 Å². The number of benzene rings is 2. The number of halogens is 1. The second-order valence-electron chi connectivity index (χ2n) is 7.38. The van der Waals surface area contributed by atoms with Gasteiger partial charge < -0.3 is 10.3 Å². The van der Waals surface area contributed by atoms with Crippen LogP contribution in [0.1, 0.15) is 16.8 Å². The number of rotatable bonds is 5. The summed E-state index contributed by atoms with van der Waals surface area (Å²) in [5, 5.41) is 3.38. The Morgan fingerprint density at radius 2 is 1.87 bits per heavy atom. The number of hydrogen-bond acceptors (Lipinski definition) is 4. The molecule has 0 bridgehead atoms. The number of H-pyrrole nitrogens is 1. The summed E-state index contributed by atoms with van der Waals surface area (Å²) in [5.74, 6) is -0.0377. The minimum atomic E-state index is -0.187. The smallest absolute Gasteiger partial charge is 0.283 e. The minimum Gasteiger partial charge on any atom is -0.353 e. The fraction of sp³-hybridized carbons (Fsp3) is 0.174. The van der Waals surface area contributed by atoms with E-state index in [1.165, 1.54) is 11.8 Å². The number of aromatic amines is 1. The molecule has 0 saturated carbocycles. The molecule has 4 aromatic rings. The Balaban J connectivity index is 1.65. The van der Waals surface area contributed by atoms with E-state index < -0.39 is 0 Å². The Labute approximate surface area is 192 Å². The van der Waals surface area contributed by atoms with Crippen LogP contribution in [0.15, 0.2) is 63.0 Å². The first-order valence-electron chi connectivity index (χ1n) is 9.70. The highest BCUT2D eigenvalue weighted by molar-refractivity contribution is 9.10. The van der Waals surface area contributed by atoms with Crippen molar-refractivity contribution in [3.63, 3.8) is 0 Å². The van der Waals surface area contributed by atoms with Gasteiger partial charge in [0.05, 0.1) is 17.0 Å². The third kappa shape index (κ3) is 4.60. The molecule has 0 aliphatic rings. The molecule has 158 valence electrons. The van der Waals surface area contributed by atoms with Crippen molar-refractivity contribution in [1.29, 1.82) is 0 Å². The molecule has 0 unspecified atom stereocenters. The van der Waals surface area contributed by atoms with Gasteiger partial charge in [0.25, 0.3) is 5.56 Å². The molecule has 8 heteroatoms. The molecule has 0 atom stereocenters. The second-order valence-corrected chi connectivity index (χ2v) is 9.18. The topological polar surface area (TPSA) is 79.8 Å². The van der Waals surface area contributed by atoms with Gasteiger partial charge in [-0.25, -0.2) is 4.98 Å². The highest BCUT2D eigenvalue weighted by atomic mass is 79.9. The van der Waals surface area contributed by atoms with E-state index in [0.29, 0.717) is 21.9 Å². The van der Waals surface area contributed by atoms with Gasteiger partial charge >= 0.3 is 0 Å². The van der Waals surface area contributed by atoms with E-state index in [-0.39, 0.29) is 17.2 Å². The summed E-state index contributed by atoms with van der Waals surface area (Å²) in [6, 6.07) is 15.1. The highest BCUT2D eigenvalue weighted by Crippen LogP contribution is 2.23. The second kappa shape index (κ2) is 8.72. The van der Waals surface area contributed by atoms with Gasteiger partial charge in [-0.3, -0.25) is 14.2 Å².